The van der Waals surface area contributed by atoms with Crippen molar-refractivity contribution in [3.8, 4) is 17.6 Å². The Bertz CT molecular complexity index is 585. The monoisotopic (exact) mass is 298 g/mol. The van der Waals surface area contributed by atoms with Gasteiger partial charge < -0.3 is 9.47 Å². The highest BCUT2D eigenvalue weighted by Crippen LogP contribution is 2.22. The maximum absolute atomic E-state index is 11.4. The molecule has 3 nitrogen and oxygen atoms in total. The summed E-state index contributed by atoms with van der Waals surface area (Å²) in [7, 11) is 1.38. The van der Waals surface area contributed by atoms with Crippen molar-refractivity contribution < 1.29 is 14.3 Å². The molecule has 1 unspecified atom stereocenters. The first kappa shape index (κ1) is 17.6. The van der Waals surface area contributed by atoms with Gasteiger partial charge in [0, 0.05) is 0 Å². The molecule has 0 heterocycles. The summed E-state index contributed by atoms with van der Waals surface area (Å²) in [6, 6.07) is 7.61. The van der Waals surface area contributed by atoms with Gasteiger partial charge >= 0.3 is 5.97 Å². The molecule has 22 heavy (non-hydrogen) atoms. The summed E-state index contributed by atoms with van der Waals surface area (Å²) in [6.07, 6.45) is 4.08. The van der Waals surface area contributed by atoms with Crippen LogP contribution in [0.4, 0.5) is 0 Å². The predicted octanol–water partition coefficient (Wildman–Crippen LogP) is 3.87. The van der Waals surface area contributed by atoms with Gasteiger partial charge in [-0.05, 0) is 37.6 Å². The van der Waals surface area contributed by atoms with E-state index in [-0.39, 0.29) is 18.3 Å². The van der Waals surface area contributed by atoms with Crippen LogP contribution >= 0.6 is 0 Å². The fraction of sp³-hybridized carbons (Fsp3) is 0.316. The largest absolute Gasteiger partial charge is 0.490 e. The van der Waals surface area contributed by atoms with Crippen LogP contribution in [0.3, 0.4) is 0 Å². The molecule has 0 aliphatic heterocycles. The second kappa shape index (κ2) is 9.46. The normalized spacial score (nSPS) is 11.4. The fourth-order valence-corrected chi connectivity index (χ4v) is 1.87. The molecular weight excluding hydrogens is 276 g/mol. The van der Waals surface area contributed by atoms with Gasteiger partial charge in [0.15, 0.2) is 0 Å². The Morgan fingerprint density at radius 1 is 1.36 bits per heavy atom. The van der Waals surface area contributed by atoms with E-state index in [9.17, 15) is 4.79 Å². The molecular formula is C19H22O3. The molecule has 0 aliphatic carbocycles. The third kappa shape index (κ3) is 6.32. The van der Waals surface area contributed by atoms with E-state index >= 15 is 0 Å². The van der Waals surface area contributed by atoms with E-state index in [0.717, 1.165) is 16.9 Å². The lowest BCUT2D eigenvalue weighted by Gasteiger charge is -2.11. The summed E-state index contributed by atoms with van der Waals surface area (Å²) < 4.78 is 10.3. The maximum Gasteiger partial charge on any atom is 0.307 e. The van der Waals surface area contributed by atoms with Gasteiger partial charge in [-0.2, -0.15) is 0 Å². The third-order valence-electron chi connectivity index (χ3n) is 2.95. The number of hydrogen-bond acceptors (Lipinski definition) is 3. The van der Waals surface area contributed by atoms with Gasteiger partial charge in [0.25, 0.3) is 0 Å². The predicted molar refractivity (Wildman–Crippen MR) is 88.7 cm³/mol. The van der Waals surface area contributed by atoms with E-state index in [4.69, 9.17) is 9.47 Å². The minimum atomic E-state index is -0.266. The van der Waals surface area contributed by atoms with Crippen molar-refractivity contribution in [3.05, 3.63) is 54.1 Å². The Morgan fingerprint density at radius 2 is 2.05 bits per heavy atom. The molecule has 0 fully saturated rings. The summed E-state index contributed by atoms with van der Waals surface area (Å²) in [5, 5.41) is 0. The van der Waals surface area contributed by atoms with Crippen molar-refractivity contribution in [2.24, 2.45) is 0 Å². The van der Waals surface area contributed by atoms with Crippen LogP contribution in [0.5, 0.6) is 5.75 Å². The van der Waals surface area contributed by atoms with E-state index in [1.165, 1.54) is 7.11 Å². The van der Waals surface area contributed by atoms with Crippen LogP contribution < -0.4 is 4.74 Å². The molecule has 0 amide bonds. The molecule has 1 aromatic carbocycles. The maximum atomic E-state index is 11.4. The second-order valence-electron chi connectivity index (χ2n) is 4.86. The Morgan fingerprint density at radius 3 is 2.59 bits per heavy atom. The molecule has 0 aliphatic rings. The molecule has 0 saturated carbocycles. The standard InChI is InChI=1S/C19H22O3/c1-5-7-17(14-19(20)21-4)16-9-11-18(12-10-16)22-13-6-8-15(2)3/h6,8-12,17H,2,13-14H2,1,3-4H3/b8-6+. The second-order valence-corrected chi connectivity index (χ2v) is 4.86. The van der Waals surface area contributed by atoms with Gasteiger partial charge in [-0.25, -0.2) is 0 Å². The van der Waals surface area contributed by atoms with Gasteiger partial charge in [0.05, 0.1) is 19.4 Å². The van der Waals surface area contributed by atoms with Crippen LogP contribution in [0.2, 0.25) is 0 Å². The molecule has 0 N–H and O–H groups in total. The zero-order valence-electron chi connectivity index (χ0n) is 13.4. The summed E-state index contributed by atoms with van der Waals surface area (Å²) in [6.45, 7) is 7.97. The minimum absolute atomic E-state index is 0.158. The number of rotatable bonds is 7. The number of benzene rings is 1. The fourth-order valence-electron chi connectivity index (χ4n) is 1.87. The van der Waals surface area contributed by atoms with Gasteiger partial charge in [-0.3, -0.25) is 4.79 Å². The van der Waals surface area contributed by atoms with Crippen LogP contribution in [0.25, 0.3) is 0 Å². The van der Waals surface area contributed by atoms with Gasteiger partial charge in [0.2, 0.25) is 0 Å². The Kier molecular flexibility index (Phi) is 7.56. The van der Waals surface area contributed by atoms with Gasteiger partial charge in [0.1, 0.15) is 12.4 Å². The summed E-state index contributed by atoms with van der Waals surface area (Å²) >= 11 is 0. The van der Waals surface area contributed by atoms with Crippen LogP contribution in [0, 0.1) is 11.8 Å². The molecule has 0 radical (unpaired) electrons. The quantitative estimate of drug-likeness (QED) is 0.435. The van der Waals surface area contributed by atoms with E-state index in [1.54, 1.807) is 6.92 Å². The Labute approximate surface area is 132 Å². The molecule has 1 rings (SSSR count). The Hall–Kier alpha value is -2.47. The number of methoxy groups -OCH3 is 1. The van der Waals surface area contributed by atoms with E-state index in [2.05, 4.69) is 18.4 Å². The average Bonchev–Trinajstić information content (AvgIpc) is 2.51. The number of carbonyl (C=O) groups excluding carboxylic acids is 1. The minimum Gasteiger partial charge on any atom is -0.490 e. The van der Waals surface area contributed by atoms with E-state index in [1.807, 2.05) is 43.3 Å². The SMILES string of the molecule is C=C(C)/C=C/COc1ccc(C(C#CC)CC(=O)OC)cc1. The molecule has 0 spiro atoms. The summed E-state index contributed by atoms with van der Waals surface area (Å²) in [4.78, 5) is 11.4. The molecule has 0 saturated heterocycles. The first-order valence-electron chi connectivity index (χ1n) is 7.10. The molecule has 3 heteroatoms. The smallest absolute Gasteiger partial charge is 0.307 e. The van der Waals surface area contributed by atoms with Crippen LogP contribution in [0.1, 0.15) is 31.7 Å². The molecule has 0 aromatic heterocycles. The Balaban J connectivity index is 2.69. The highest BCUT2D eigenvalue weighted by molar-refractivity contribution is 5.71. The van der Waals surface area contributed by atoms with Gasteiger partial charge in [-0.1, -0.05) is 36.3 Å². The lowest BCUT2D eigenvalue weighted by molar-refractivity contribution is -0.140. The lowest BCUT2D eigenvalue weighted by atomic mass is 9.96. The zero-order chi connectivity index (χ0) is 16.4. The molecule has 1 aromatic rings. The first-order chi connectivity index (χ1) is 10.6. The molecule has 1 atom stereocenters. The van der Waals surface area contributed by atoms with Crippen molar-refractivity contribution in [2.45, 2.75) is 26.2 Å². The number of allylic oxidation sites excluding steroid dienone is 2. The van der Waals surface area contributed by atoms with E-state index < -0.39 is 0 Å². The lowest BCUT2D eigenvalue weighted by Crippen LogP contribution is -2.07. The molecule has 116 valence electrons. The average molecular weight is 298 g/mol. The number of carbonyl (C=O) groups is 1. The first-order valence-corrected chi connectivity index (χ1v) is 7.10. The summed E-state index contributed by atoms with van der Waals surface area (Å²) in [5.74, 6) is 6.24. The van der Waals surface area contributed by atoms with E-state index in [0.29, 0.717) is 6.61 Å². The van der Waals surface area contributed by atoms with Gasteiger partial charge in [-0.15, -0.1) is 5.92 Å². The highest BCUT2D eigenvalue weighted by atomic mass is 16.5. The zero-order valence-corrected chi connectivity index (χ0v) is 13.4. The number of ether oxygens (including phenoxy) is 2. The number of hydrogen-bond donors (Lipinski definition) is 0. The van der Waals surface area contributed by atoms with Crippen LogP contribution in [0.15, 0.2) is 48.6 Å². The summed E-state index contributed by atoms with van der Waals surface area (Å²) in [5.41, 5.74) is 1.97. The van der Waals surface area contributed by atoms with Crippen molar-refractivity contribution in [1.29, 1.82) is 0 Å². The topological polar surface area (TPSA) is 35.5 Å². The third-order valence-corrected chi connectivity index (χ3v) is 2.95. The van der Waals surface area contributed by atoms with Crippen molar-refractivity contribution >= 4 is 5.97 Å². The van der Waals surface area contributed by atoms with Crippen molar-refractivity contribution in [2.75, 3.05) is 13.7 Å². The number of esters is 1. The van der Waals surface area contributed by atoms with Crippen LogP contribution in [-0.2, 0) is 9.53 Å². The van der Waals surface area contributed by atoms with Crippen molar-refractivity contribution in [3.63, 3.8) is 0 Å². The van der Waals surface area contributed by atoms with Crippen molar-refractivity contribution in [1.82, 2.24) is 0 Å². The highest BCUT2D eigenvalue weighted by Gasteiger charge is 2.14. The molecule has 0 bridgehead atoms. The van der Waals surface area contributed by atoms with Crippen LogP contribution in [-0.4, -0.2) is 19.7 Å².